The van der Waals surface area contributed by atoms with E-state index in [1.807, 2.05) is 6.07 Å². The number of anilines is 1. The van der Waals surface area contributed by atoms with Gasteiger partial charge in [0.2, 0.25) is 0 Å². The van der Waals surface area contributed by atoms with Crippen LogP contribution in [0.3, 0.4) is 0 Å². The van der Waals surface area contributed by atoms with Crippen molar-refractivity contribution in [2.45, 2.75) is 19.1 Å². The lowest BCUT2D eigenvalue weighted by molar-refractivity contribution is -0.0107. The van der Waals surface area contributed by atoms with Gasteiger partial charge < -0.3 is 15.4 Å². The van der Waals surface area contributed by atoms with Gasteiger partial charge >= 0.3 is 0 Å². The van der Waals surface area contributed by atoms with E-state index in [2.05, 4.69) is 21.8 Å². The van der Waals surface area contributed by atoms with Crippen molar-refractivity contribution in [3.63, 3.8) is 0 Å². The average Bonchev–Trinajstić information content (AvgIpc) is 2.29. The molecule has 0 spiro atoms. The Balaban J connectivity index is 2.09. The van der Waals surface area contributed by atoms with Gasteiger partial charge in [-0.25, -0.2) is 9.97 Å². The molecule has 0 radical (unpaired) electrons. The van der Waals surface area contributed by atoms with Crippen molar-refractivity contribution in [1.29, 1.82) is 0 Å². The second-order valence-electron chi connectivity index (χ2n) is 3.78. The molecular weight excluding hydrogens is 192 g/mol. The molecule has 2 rings (SSSR count). The maximum atomic E-state index is 5.68. The van der Waals surface area contributed by atoms with Gasteiger partial charge in [0.15, 0.2) is 0 Å². The summed E-state index contributed by atoms with van der Waals surface area (Å²) in [6.45, 7) is 4.26. The van der Waals surface area contributed by atoms with E-state index in [0.717, 1.165) is 18.9 Å². The van der Waals surface area contributed by atoms with E-state index in [1.165, 1.54) is 0 Å². The number of nitrogens with zero attached hydrogens (tertiary/aromatic N) is 3. The van der Waals surface area contributed by atoms with Crippen molar-refractivity contribution < 1.29 is 4.74 Å². The number of nitrogens with two attached hydrogens (primary N) is 1. The molecule has 5 nitrogen and oxygen atoms in total. The van der Waals surface area contributed by atoms with Gasteiger partial charge in [-0.05, 0) is 13.0 Å². The quantitative estimate of drug-likeness (QED) is 0.742. The van der Waals surface area contributed by atoms with Gasteiger partial charge in [-0.15, -0.1) is 0 Å². The van der Waals surface area contributed by atoms with Crippen molar-refractivity contribution in [3.05, 3.63) is 18.6 Å². The van der Waals surface area contributed by atoms with Gasteiger partial charge in [0.1, 0.15) is 12.1 Å². The Labute approximate surface area is 89.3 Å². The van der Waals surface area contributed by atoms with Crippen molar-refractivity contribution >= 4 is 5.82 Å². The lowest BCUT2D eigenvalue weighted by Gasteiger charge is -2.36. The molecule has 82 valence electrons. The highest BCUT2D eigenvalue weighted by atomic mass is 16.5. The maximum Gasteiger partial charge on any atom is 0.132 e. The molecule has 0 aromatic carbocycles. The van der Waals surface area contributed by atoms with E-state index in [1.54, 1.807) is 12.5 Å². The highest BCUT2D eigenvalue weighted by Gasteiger charge is 2.24. The van der Waals surface area contributed by atoms with Crippen molar-refractivity contribution in [2.75, 3.05) is 24.5 Å². The number of aromatic nitrogens is 2. The third-order valence-corrected chi connectivity index (χ3v) is 2.48. The summed E-state index contributed by atoms with van der Waals surface area (Å²) in [6.07, 6.45) is 3.61. The van der Waals surface area contributed by atoms with Crippen LogP contribution in [-0.4, -0.2) is 41.8 Å². The minimum absolute atomic E-state index is 0.101. The Hall–Kier alpha value is -1.20. The molecular formula is C10H16N4O. The summed E-state index contributed by atoms with van der Waals surface area (Å²) < 4.78 is 5.68. The minimum atomic E-state index is 0.101. The summed E-state index contributed by atoms with van der Waals surface area (Å²) in [6, 6.07) is 1.91. The van der Waals surface area contributed by atoms with Gasteiger partial charge in [0.25, 0.3) is 0 Å². The highest BCUT2D eigenvalue weighted by molar-refractivity contribution is 5.37. The fraction of sp³-hybridized carbons (Fsp3) is 0.600. The number of ether oxygens (including phenoxy) is 1. The molecule has 1 aliphatic heterocycles. The summed E-state index contributed by atoms with van der Waals surface area (Å²) >= 11 is 0. The molecule has 2 atom stereocenters. The van der Waals surface area contributed by atoms with E-state index in [-0.39, 0.29) is 12.2 Å². The van der Waals surface area contributed by atoms with Crippen molar-refractivity contribution in [1.82, 2.24) is 9.97 Å². The van der Waals surface area contributed by atoms with Gasteiger partial charge in [-0.1, -0.05) is 0 Å². The number of hydrogen-bond acceptors (Lipinski definition) is 5. The Morgan fingerprint density at radius 1 is 1.60 bits per heavy atom. The number of morpholine rings is 1. The van der Waals surface area contributed by atoms with Crippen molar-refractivity contribution in [3.8, 4) is 0 Å². The molecule has 1 saturated heterocycles. The lowest BCUT2D eigenvalue weighted by atomic mass is 10.2. The van der Waals surface area contributed by atoms with Crippen LogP contribution in [0.25, 0.3) is 0 Å². The third kappa shape index (κ3) is 2.43. The summed E-state index contributed by atoms with van der Waals surface area (Å²) in [4.78, 5) is 10.3. The average molecular weight is 208 g/mol. The SMILES string of the molecule is CC1CN(c2ccncn2)CC(CN)O1. The van der Waals surface area contributed by atoms with Gasteiger partial charge in [0.05, 0.1) is 12.2 Å². The summed E-state index contributed by atoms with van der Waals surface area (Å²) in [5.41, 5.74) is 5.62. The number of rotatable bonds is 2. The van der Waals surface area contributed by atoms with Crippen LogP contribution in [0, 0.1) is 0 Å². The Morgan fingerprint density at radius 2 is 2.47 bits per heavy atom. The second-order valence-corrected chi connectivity index (χ2v) is 3.78. The normalized spacial score (nSPS) is 26.7. The van der Waals surface area contributed by atoms with Gasteiger partial charge in [0, 0.05) is 25.8 Å². The zero-order chi connectivity index (χ0) is 10.7. The first-order valence-electron chi connectivity index (χ1n) is 5.16. The maximum absolute atomic E-state index is 5.68. The Bertz CT molecular complexity index is 306. The fourth-order valence-corrected chi connectivity index (χ4v) is 1.83. The molecule has 15 heavy (non-hydrogen) atoms. The first kappa shape index (κ1) is 10.3. The molecule has 2 N–H and O–H groups in total. The zero-order valence-electron chi connectivity index (χ0n) is 8.84. The van der Waals surface area contributed by atoms with E-state index in [9.17, 15) is 0 Å². The zero-order valence-corrected chi connectivity index (χ0v) is 8.84. The molecule has 0 saturated carbocycles. The first-order valence-corrected chi connectivity index (χ1v) is 5.16. The third-order valence-electron chi connectivity index (χ3n) is 2.48. The van der Waals surface area contributed by atoms with Crippen molar-refractivity contribution in [2.24, 2.45) is 5.73 Å². The van der Waals surface area contributed by atoms with Crippen LogP contribution < -0.4 is 10.6 Å². The van der Waals surface area contributed by atoms with Crippen LogP contribution in [-0.2, 0) is 4.74 Å². The molecule has 1 aromatic rings. The largest absolute Gasteiger partial charge is 0.370 e. The summed E-state index contributed by atoms with van der Waals surface area (Å²) in [5.74, 6) is 0.943. The van der Waals surface area contributed by atoms with Crippen LogP contribution in [0.1, 0.15) is 6.92 Å². The van der Waals surface area contributed by atoms with Crippen LogP contribution in [0.5, 0.6) is 0 Å². The highest BCUT2D eigenvalue weighted by Crippen LogP contribution is 2.16. The topological polar surface area (TPSA) is 64.3 Å². The first-order chi connectivity index (χ1) is 7.29. The minimum Gasteiger partial charge on any atom is -0.370 e. The molecule has 2 heterocycles. The van der Waals surface area contributed by atoms with Gasteiger partial charge in [-0.3, -0.25) is 0 Å². The molecule has 0 bridgehead atoms. The molecule has 2 unspecified atom stereocenters. The van der Waals surface area contributed by atoms with E-state index >= 15 is 0 Å². The van der Waals surface area contributed by atoms with E-state index in [4.69, 9.17) is 10.5 Å². The predicted molar refractivity (Wildman–Crippen MR) is 57.6 cm³/mol. The Morgan fingerprint density at radius 3 is 3.13 bits per heavy atom. The summed E-state index contributed by atoms with van der Waals surface area (Å²) in [7, 11) is 0. The standard InChI is InChI=1S/C10H16N4O/c1-8-5-14(6-9(4-11)15-8)10-2-3-12-7-13-10/h2-3,7-9H,4-6,11H2,1H3. The smallest absolute Gasteiger partial charge is 0.132 e. The van der Waals surface area contributed by atoms with Crippen LogP contribution in [0.4, 0.5) is 5.82 Å². The predicted octanol–water partition coefficient (Wildman–Crippen LogP) is 0.0290. The fourth-order valence-electron chi connectivity index (χ4n) is 1.83. The lowest BCUT2D eigenvalue weighted by Crippen LogP contribution is -2.49. The second kappa shape index (κ2) is 4.55. The Kier molecular flexibility index (Phi) is 3.13. The van der Waals surface area contributed by atoms with E-state index in [0.29, 0.717) is 6.54 Å². The van der Waals surface area contributed by atoms with E-state index < -0.39 is 0 Å². The molecule has 1 fully saturated rings. The molecule has 1 aromatic heterocycles. The van der Waals surface area contributed by atoms with Crippen LogP contribution in [0.2, 0.25) is 0 Å². The molecule has 0 amide bonds. The molecule has 1 aliphatic rings. The number of hydrogen-bond donors (Lipinski definition) is 1. The van der Waals surface area contributed by atoms with Crippen LogP contribution >= 0.6 is 0 Å². The summed E-state index contributed by atoms with van der Waals surface area (Å²) in [5, 5.41) is 0. The van der Waals surface area contributed by atoms with Crippen LogP contribution in [0.15, 0.2) is 18.6 Å². The van der Waals surface area contributed by atoms with Gasteiger partial charge in [-0.2, -0.15) is 0 Å². The molecule has 0 aliphatic carbocycles. The monoisotopic (exact) mass is 208 g/mol. The molecule has 5 heteroatoms.